The minimum atomic E-state index is -3.70. The molecule has 11 heteroatoms. The Hall–Kier alpha value is -2.56. The first kappa shape index (κ1) is 23.1. The Bertz CT molecular complexity index is 1130. The zero-order chi connectivity index (χ0) is 22.4. The summed E-state index contributed by atoms with van der Waals surface area (Å²) in [5, 5.41) is 10.8. The first-order chi connectivity index (χ1) is 14.8. The Kier molecular flexibility index (Phi) is 7.58. The van der Waals surface area contributed by atoms with Crippen molar-refractivity contribution in [1.29, 1.82) is 0 Å². The van der Waals surface area contributed by atoms with Gasteiger partial charge in [0.25, 0.3) is 10.0 Å². The van der Waals surface area contributed by atoms with Gasteiger partial charge in [-0.05, 0) is 48.9 Å². The van der Waals surface area contributed by atoms with Crippen molar-refractivity contribution in [2.24, 2.45) is 0 Å². The second kappa shape index (κ2) is 10.2. The van der Waals surface area contributed by atoms with Crippen LogP contribution >= 0.6 is 23.4 Å². The molecule has 0 aliphatic heterocycles. The molecule has 0 bridgehead atoms. The highest BCUT2D eigenvalue weighted by Crippen LogP contribution is 2.23. The first-order valence-corrected chi connectivity index (χ1v) is 12.2. The van der Waals surface area contributed by atoms with Gasteiger partial charge in [0.05, 0.1) is 17.0 Å². The molecule has 0 fully saturated rings. The first-order valence-electron chi connectivity index (χ1n) is 9.37. The number of aromatic nitrogens is 3. The largest absolute Gasteiger partial charge is 0.355 e. The van der Waals surface area contributed by atoms with E-state index >= 15 is 0 Å². The number of anilines is 1. The van der Waals surface area contributed by atoms with Crippen LogP contribution in [0.2, 0.25) is 5.02 Å². The maximum absolute atomic E-state index is 12.8. The van der Waals surface area contributed by atoms with Crippen LogP contribution in [-0.4, -0.2) is 48.9 Å². The average molecular weight is 480 g/mol. The fourth-order valence-electron chi connectivity index (χ4n) is 2.69. The number of sulfonamides is 1. The highest BCUT2D eigenvalue weighted by atomic mass is 35.5. The van der Waals surface area contributed by atoms with Crippen molar-refractivity contribution in [2.45, 2.75) is 23.4 Å². The molecule has 2 aromatic carbocycles. The molecule has 0 saturated heterocycles. The Labute approximate surface area is 190 Å². The van der Waals surface area contributed by atoms with Crippen molar-refractivity contribution in [2.75, 3.05) is 23.7 Å². The van der Waals surface area contributed by atoms with Crippen LogP contribution in [0.4, 0.5) is 5.69 Å². The molecule has 0 atom stereocenters. The zero-order valence-corrected chi connectivity index (χ0v) is 19.4. The molecule has 1 heterocycles. The summed E-state index contributed by atoms with van der Waals surface area (Å²) in [6.07, 6.45) is 0.207. The van der Waals surface area contributed by atoms with Gasteiger partial charge in [-0.25, -0.2) is 13.4 Å². The predicted octanol–water partition coefficient (Wildman–Crippen LogP) is 3.04. The van der Waals surface area contributed by atoms with Crippen LogP contribution in [0.25, 0.3) is 0 Å². The second-order valence-corrected chi connectivity index (χ2v) is 10.1. The van der Waals surface area contributed by atoms with Crippen LogP contribution in [0.3, 0.4) is 0 Å². The third kappa shape index (κ3) is 6.22. The zero-order valence-electron chi connectivity index (χ0n) is 17.0. The third-order valence-electron chi connectivity index (χ3n) is 4.37. The average Bonchev–Trinajstić information content (AvgIpc) is 3.16. The van der Waals surface area contributed by atoms with Gasteiger partial charge in [-0.2, -0.15) is 0 Å². The van der Waals surface area contributed by atoms with E-state index < -0.39 is 10.0 Å². The number of rotatable bonds is 9. The molecule has 2 N–H and O–H groups in total. The number of hydrogen-bond donors (Lipinski definition) is 2. The normalized spacial score (nSPS) is 11.3. The van der Waals surface area contributed by atoms with Gasteiger partial charge in [0.1, 0.15) is 5.82 Å². The molecular formula is C20H22ClN5O3S2. The van der Waals surface area contributed by atoms with Crippen molar-refractivity contribution >= 4 is 45.0 Å². The number of hydrogen-bond acceptors (Lipinski definition) is 6. The van der Waals surface area contributed by atoms with E-state index in [9.17, 15) is 13.2 Å². The molecule has 31 heavy (non-hydrogen) atoms. The molecule has 0 radical (unpaired) electrons. The van der Waals surface area contributed by atoms with E-state index in [0.29, 0.717) is 28.2 Å². The van der Waals surface area contributed by atoms with Crippen LogP contribution in [0.1, 0.15) is 11.4 Å². The van der Waals surface area contributed by atoms with E-state index in [1.165, 1.54) is 47.4 Å². The summed E-state index contributed by atoms with van der Waals surface area (Å²) < 4.78 is 26.7. The molecule has 164 valence electrons. The number of thioether (sulfide) groups is 1. The molecule has 0 aliphatic carbocycles. The number of amides is 1. The summed E-state index contributed by atoms with van der Waals surface area (Å²) in [6.45, 7) is 2.33. The number of nitrogens with one attached hydrogen (secondary N) is 2. The van der Waals surface area contributed by atoms with Crippen molar-refractivity contribution in [3.05, 3.63) is 64.9 Å². The standard InChI is InChI=1S/C20H22ClN5O3S2/c1-14-23-20(25-24-14)30-12-11-22-19(27)13-15-3-7-17(8-4-15)26(2)31(28,29)18-9-5-16(21)6-10-18/h3-10H,11-13H2,1-2H3,(H,22,27)(H,23,24,25). The maximum Gasteiger partial charge on any atom is 0.264 e. The highest BCUT2D eigenvalue weighted by molar-refractivity contribution is 7.99. The van der Waals surface area contributed by atoms with Gasteiger partial charge < -0.3 is 5.32 Å². The van der Waals surface area contributed by atoms with Crippen molar-refractivity contribution < 1.29 is 13.2 Å². The van der Waals surface area contributed by atoms with E-state index in [1.54, 1.807) is 24.3 Å². The van der Waals surface area contributed by atoms with E-state index in [0.717, 1.165) is 11.4 Å². The van der Waals surface area contributed by atoms with Crippen molar-refractivity contribution in [1.82, 2.24) is 20.5 Å². The Morgan fingerprint density at radius 1 is 1.16 bits per heavy atom. The monoisotopic (exact) mass is 479 g/mol. The highest BCUT2D eigenvalue weighted by Gasteiger charge is 2.21. The smallest absolute Gasteiger partial charge is 0.264 e. The van der Waals surface area contributed by atoms with Crippen LogP contribution in [0.15, 0.2) is 58.6 Å². The summed E-state index contributed by atoms with van der Waals surface area (Å²) in [7, 11) is -2.22. The molecule has 1 aromatic heterocycles. The lowest BCUT2D eigenvalue weighted by molar-refractivity contribution is -0.120. The fourth-order valence-corrected chi connectivity index (χ4v) is 4.71. The molecule has 8 nitrogen and oxygen atoms in total. The number of carbonyl (C=O) groups excluding carboxylic acids is 1. The van der Waals surface area contributed by atoms with Gasteiger partial charge in [-0.15, -0.1) is 5.10 Å². The number of aryl methyl sites for hydroxylation is 1. The molecule has 0 aliphatic rings. The van der Waals surface area contributed by atoms with E-state index in [1.807, 2.05) is 6.92 Å². The molecule has 0 saturated carbocycles. The Morgan fingerprint density at radius 2 is 1.84 bits per heavy atom. The third-order valence-corrected chi connectivity index (χ3v) is 7.27. The SMILES string of the molecule is Cc1nc(SCCNC(=O)Cc2ccc(N(C)S(=O)(=O)c3ccc(Cl)cc3)cc2)n[nH]1. The summed E-state index contributed by atoms with van der Waals surface area (Å²) in [4.78, 5) is 16.5. The summed E-state index contributed by atoms with van der Waals surface area (Å²) in [5.41, 5.74) is 1.29. The van der Waals surface area contributed by atoms with Gasteiger partial charge >= 0.3 is 0 Å². The number of carbonyl (C=O) groups is 1. The number of H-pyrrole nitrogens is 1. The van der Waals surface area contributed by atoms with Crippen LogP contribution in [-0.2, 0) is 21.2 Å². The lowest BCUT2D eigenvalue weighted by Crippen LogP contribution is -2.27. The maximum atomic E-state index is 12.8. The number of nitrogens with zero attached hydrogens (tertiary/aromatic N) is 3. The molecule has 0 unspecified atom stereocenters. The van der Waals surface area contributed by atoms with E-state index in [-0.39, 0.29) is 17.2 Å². The van der Waals surface area contributed by atoms with E-state index in [4.69, 9.17) is 11.6 Å². The van der Waals surface area contributed by atoms with Gasteiger partial charge in [0.2, 0.25) is 11.1 Å². The van der Waals surface area contributed by atoms with E-state index in [2.05, 4.69) is 20.5 Å². The second-order valence-electron chi connectivity index (χ2n) is 6.67. The molecule has 3 aromatic rings. The summed E-state index contributed by atoms with van der Waals surface area (Å²) in [5.74, 6) is 1.30. The number of benzene rings is 2. The predicted molar refractivity (Wildman–Crippen MR) is 122 cm³/mol. The summed E-state index contributed by atoms with van der Waals surface area (Å²) >= 11 is 7.29. The minimum absolute atomic E-state index is 0.110. The molecule has 3 rings (SSSR count). The number of halogens is 1. The van der Waals surface area contributed by atoms with Crippen LogP contribution in [0.5, 0.6) is 0 Å². The fraction of sp³-hybridized carbons (Fsp3) is 0.250. The van der Waals surface area contributed by atoms with Gasteiger partial charge in [0, 0.05) is 24.4 Å². The summed E-state index contributed by atoms with van der Waals surface area (Å²) in [6, 6.07) is 12.9. The Morgan fingerprint density at radius 3 is 2.45 bits per heavy atom. The molecule has 1 amide bonds. The number of aromatic amines is 1. The quantitative estimate of drug-likeness (QED) is 0.360. The minimum Gasteiger partial charge on any atom is -0.355 e. The van der Waals surface area contributed by atoms with Crippen LogP contribution in [0, 0.1) is 6.92 Å². The lowest BCUT2D eigenvalue weighted by atomic mass is 10.1. The van der Waals surface area contributed by atoms with Gasteiger partial charge in [-0.3, -0.25) is 14.2 Å². The van der Waals surface area contributed by atoms with Crippen LogP contribution < -0.4 is 9.62 Å². The lowest BCUT2D eigenvalue weighted by Gasteiger charge is -2.20. The molecule has 0 spiro atoms. The van der Waals surface area contributed by atoms with Crippen molar-refractivity contribution in [3.8, 4) is 0 Å². The van der Waals surface area contributed by atoms with Gasteiger partial charge in [-0.1, -0.05) is 35.5 Å². The Balaban J connectivity index is 1.52. The van der Waals surface area contributed by atoms with Crippen molar-refractivity contribution in [3.63, 3.8) is 0 Å². The topological polar surface area (TPSA) is 108 Å². The van der Waals surface area contributed by atoms with Gasteiger partial charge in [0.15, 0.2) is 0 Å². The molecular weight excluding hydrogens is 458 g/mol.